The first-order valence-electron chi connectivity index (χ1n) is 6.66. The zero-order valence-electron chi connectivity index (χ0n) is 11.8. The van der Waals surface area contributed by atoms with Crippen LogP contribution < -0.4 is 0 Å². The zero-order valence-corrected chi connectivity index (χ0v) is 11.8. The number of hydrogen-bond donors (Lipinski definition) is 0. The van der Waals surface area contributed by atoms with Crippen LogP contribution >= 0.6 is 0 Å². The van der Waals surface area contributed by atoms with E-state index in [1.54, 1.807) is 0 Å². The molecule has 0 radical (unpaired) electrons. The number of allylic oxidation sites excluding steroid dienone is 12. The smallest absolute Gasteiger partial charge is 0.0135 e. The minimum Gasteiger partial charge on any atom is -0.0805 e. The maximum absolute atomic E-state index is 2.21. The van der Waals surface area contributed by atoms with E-state index in [-0.39, 0.29) is 0 Å². The highest BCUT2D eigenvalue weighted by Gasteiger charge is 1.86. The number of rotatable bonds is 0. The fourth-order valence-corrected chi connectivity index (χ4v) is 1.68. The predicted molar refractivity (Wildman–Crippen MR) is 82.5 cm³/mol. The van der Waals surface area contributed by atoms with Gasteiger partial charge in [-0.05, 0) is 40.0 Å². The second-order valence-corrected chi connectivity index (χ2v) is 4.88. The Morgan fingerprint density at radius 1 is 0.778 bits per heavy atom. The van der Waals surface area contributed by atoms with Gasteiger partial charge in [0.05, 0.1) is 0 Å². The van der Waals surface area contributed by atoms with Crippen LogP contribution in [0.3, 0.4) is 0 Å². The van der Waals surface area contributed by atoms with Crippen LogP contribution in [0.2, 0.25) is 0 Å². The molecule has 0 aromatic heterocycles. The SMILES string of the molecule is CC1=CC=CC1.CC1=CC=CC1.CC1=CCC=C1. The molecule has 3 rings (SSSR count). The fourth-order valence-electron chi connectivity index (χ4n) is 1.68. The lowest BCUT2D eigenvalue weighted by molar-refractivity contribution is 1.25. The molecule has 0 aliphatic heterocycles. The molecule has 0 saturated heterocycles. The summed E-state index contributed by atoms with van der Waals surface area (Å²) in [6, 6.07) is 0. The van der Waals surface area contributed by atoms with E-state index in [4.69, 9.17) is 0 Å². The Balaban J connectivity index is 0.000000135. The topological polar surface area (TPSA) is 0 Å². The van der Waals surface area contributed by atoms with Gasteiger partial charge in [-0.1, -0.05) is 71.4 Å². The van der Waals surface area contributed by atoms with E-state index in [9.17, 15) is 0 Å². The molecule has 0 aromatic rings. The van der Waals surface area contributed by atoms with Crippen molar-refractivity contribution in [2.24, 2.45) is 0 Å². The third kappa shape index (κ3) is 6.90. The third-order valence-electron chi connectivity index (χ3n) is 2.87. The van der Waals surface area contributed by atoms with Gasteiger partial charge < -0.3 is 0 Å². The summed E-state index contributed by atoms with van der Waals surface area (Å²) in [5.41, 5.74) is 4.33. The summed E-state index contributed by atoms with van der Waals surface area (Å²) in [5.74, 6) is 0. The second kappa shape index (κ2) is 8.52. The van der Waals surface area contributed by atoms with Crippen LogP contribution in [0.25, 0.3) is 0 Å². The lowest BCUT2D eigenvalue weighted by Crippen LogP contribution is -1.58. The lowest BCUT2D eigenvalue weighted by atomic mass is 10.3. The van der Waals surface area contributed by atoms with Crippen molar-refractivity contribution in [2.45, 2.75) is 40.0 Å². The Kier molecular flexibility index (Phi) is 6.86. The molecule has 0 heteroatoms. The normalized spacial score (nSPS) is 18.5. The molecular weight excluding hydrogens is 216 g/mol. The lowest BCUT2D eigenvalue weighted by Gasteiger charge is -1.78. The maximum atomic E-state index is 2.21. The average Bonchev–Trinajstić information content (AvgIpc) is 3.05. The van der Waals surface area contributed by atoms with E-state index in [0.717, 1.165) is 6.42 Å². The molecule has 0 bridgehead atoms. The molecule has 3 aliphatic carbocycles. The highest BCUT2D eigenvalue weighted by Crippen LogP contribution is 2.07. The Morgan fingerprint density at radius 3 is 1.44 bits per heavy atom. The first-order valence-corrected chi connectivity index (χ1v) is 6.66. The highest BCUT2D eigenvalue weighted by molar-refractivity contribution is 5.23. The van der Waals surface area contributed by atoms with Gasteiger partial charge in [-0.3, -0.25) is 0 Å². The van der Waals surface area contributed by atoms with E-state index in [2.05, 4.69) is 75.5 Å². The van der Waals surface area contributed by atoms with E-state index >= 15 is 0 Å². The van der Waals surface area contributed by atoms with Crippen molar-refractivity contribution in [3.8, 4) is 0 Å². The Labute approximate surface area is 112 Å². The van der Waals surface area contributed by atoms with Crippen molar-refractivity contribution in [3.05, 3.63) is 71.4 Å². The molecule has 0 atom stereocenters. The van der Waals surface area contributed by atoms with Crippen LogP contribution in [0.4, 0.5) is 0 Å². The van der Waals surface area contributed by atoms with Crippen molar-refractivity contribution >= 4 is 0 Å². The van der Waals surface area contributed by atoms with E-state index < -0.39 is 0 Å². The Morgan fingerprint density at radius 2 is 1.33 bits per heavy atom. The summed E-state index contributed by atoms with van der Waals surface area (Å²) in [5, 5.41) is 0. The molecule has 0 unspecified atom stereocenters. The third-order valence-corrected chi connectivity index (χ3v) is 2.87. The minimum absolute atomic E-state index is 1.14. The molecule has 0 spiro atoms. The molecule has 0 aromatic carbocycles. The number of hydrogen-bond acceptors (Lipinski definition) is 0. The van der Waals surface area contributed by atoms with Gasteiger partial charge in [-0.2, -0.15) is 0 Å². The van der Waals surface area contributed by atoms with E-state index in [1.165, 1.54) is 29.6 Å². The van der Waals surface area contributed by atoms with Crippen molar-refractivity contribution in [2.75, 3.05) is 0 Å². The molecule has 96 valence electrons. The quantitative estimate of drug-likeness (QED) is 0.511. The zero-order chi connectivity index (χ0) is 13.2. The van der Waals surface area contributed by atoms with Crippen molar-refractivity contribution < 1.29 is 0 Å². The molecule has 0 heterocycles. The molecule has 0 saturated carbocycles. The maximum Gasteiger partial charge on any atom is -0.0135 e. The summed E-state index contributed by atoms with van der Waals surface area (Å²) in [6.07, 6.45) is 22.8. The molecule has 0 fully saturated rings. The van der Waals surface area contributed by atoms with Crippen LogP contribution in [0.15, 0.2) is 71.4 Å². The summed E-state index contributed by atoms with van der Waals surface area (Å²) in [7, 11) is 0. The standard InChI is InChI=1S/3C6H8/c3*1-6-4-2-3-5-6/h2,4-5H,3H2,1H3;2*2-4H,5H2,1H3. The molecular formula is C18H24. The van der Waals surface area contributed by atoms with Crippen LogP contribution in [0.5, 0.6) is 0 Å². The van der Waals surface area contributed by atoms with Crippen LogP contribution in [-0.4, -0.2) is 0 Å². The van der Waals surface area contributed by atoms with Crippen LogP contribution in [0.1, 0.15) is 40.0 Å². The van der Waals surface area contributed by atoms with Gasteiger partial charge in [0.15, 0.2) is 0 Å². The molecule has 18 heavy (non-hydrogen) atoms. The monoisotopic (exact) mass is 240 g/mol. The predicted octanol–water partition coefficient (Wildman–Crippen LogP) is 5.68. The highest BCUT2D eigenvalue weighted by atomic mass is 13.9. The molecule has 3 aliphatic rings. The first-order chi connectivity index (χ1) is 8.68. The average molecular weight is 240 g/mol. The van der Waals surface area contributed by atoms with Gasteiger partial charge in [0.2, 0.25) is 0 Å². The van der Waals surface area contributed by atoms with Gasteiger partial charge in [0.25, 0.3) is 0 Å². The Hall–Kier alpha value is -1.56. The largest absolute Gasteiger partial charge is 0.0805 e. The Bertz CT molecular complexity index is 392. The van der Waals surface area contributed by atoms with Crippen molar-refractivity contribution in [1.82, 2.24) is 0 Å². The van der Waals surface area contributed by atoms with Gasteiger partial charge in [0, 0.05) is 0 Å². The van der Waals surface area contributed by atoms with Crippen molar-refractivity contribution in [3.63, 3.8) is 0 Å². The summed E-state index contributed by atoms with van der Waals surface area (Å²) in [6.45, 7) is 6.39. The fraction of sp³-hybridized carbons (Fsp3) is 0.333. The molecule has 0 N–H and O–H groups in total. The molecule has 0 amide bonds. The summed E-state index contributed by atoms with van der Waals surface area (Å²) < 4.78 is 0. The van der Waals surface area contributed by atoms with E-state index in [1.807, 2.05) is 0 Å². The van der Waals surface area contributed by atoms with Crippen LogP contribution in [-0.2, 0) is 0 Å². The van der Waals surface area contributed by atoms with Crippen LogP contribution in [0, 0.1) is 0 Å². The summed E-state index contributed by atoms with van der Waals surface area (Å²) in [4.78, 5) is 0. The van der Waals surface area contributed by atoms with Gasteiger partial charge >= 0.3 is 0 Å². The van der Waals surface area contributed by atoms with Gasteiger partial charge in [-0.15, -0.1) is 0 Å². The molecule has 0 nitrogen and oxygen atoms in total. The van der Waals surface area contributed by atoms with Gasteiger partial charge in [0.1, 0.15) is 0 Å². The van der Waals surface area contributed by atoms with Crippen molar-refractivity contribution in [1.29, 1.82) is 0 Å². The second-order valence-electron chi connectivity index (χ2n) is 4.88. The van der Waals surface area contributed by atoms with E-state index in [0.29, 0.717) is 0 Å². The summed E-state index contributed by atoms with van der Waals surface area (Å²) >= 11 is 0. The minimum atomic E-state index is 1.14. The first kappa shape index (κ1) is 14.5. The van der Waals surface area contributed by atoms with Gasteiger partial charge in [-0.25, -0.2) is 0 Å².